The molecule has 1 heterocycles. The van der Waals surface area contributed by atoms with Crippen molar-refractivity contribution in [1.82, 2.24) is 0 Å². The van der Waals surface area contributed by atoms with Crippen LogP contribution in [0.4, 0.5) is 17.1 Å². The maximum Gasteiger partial charge on any atom is 0.0462 e. The highest BCUT2D eigenvalue weighted by atomic mass is 32.1. The first-order valence-corrected chi connectivity index (χ1v) is 17.8. The summed E-state index contributed by atoms with van der Waals surface area (Å²) >= 11 is 1.89. The van der Waals surface area contributed by atoms with E-state index in [1.54, 1.807) is 0 Å². The third-order valence-corrected chi connectivity index (χ3v) is 10.7. The minimum Gasteiger partial charge on any atom is -0.311 e. The van der Waals surface area contributed by atoms with Gasteiger partial charge in [-0.2, -0.15) is 0 Å². The number of hydrogen-bond donors (Lipinski definition) is 0. The molecule has 0 unspecified atom stereocenters. The van der Waals surface area contributed by atoms with Crippen molar-refractivity contribution in [2.75, 3.05) is 4.90 Å². The Morgan fingerprint density at radius 2 is 0.720 bits per heavy atom. The van der Waals surface area contributed by atoms with Gasteiger partial charge in [0.05, 0.1) is 0 Å². The van der Waals surface area contributed by atoms with Crippen molar-refractivity contribution in [3.8, 4) is 44.5 Å². The summed E-state index contributed by atoms with van der Waals surface area (Å²) in [4.78, 5) is 2.35. The van der Waals surface area contributed by atoms with Gasteiger partial charge in [-0.1, -0.05) is 158 Å². The van der Waals surface area contributed by atoms with Crippen molar-refractivity contribution >= 4 is 48.6 Å². The van der Waals surface area contributed by atoms with Crippen LogP contribution in [0.15, 0.2) is 200 Å². The summed E-state index contributed by atoms with van der Waals surface area (Å²) < 4.78 is 2.65. The third kappa shape index (κ3) is 5.56. The molecule has 0 bridgehead atoms. The van der Waals surface area contributed by atoms with Crippen molar-refractivity contribution in [1.29, 1.82) is 0 Å². The van der Waals surface area contributed by atoms with E-state index in [-0.39, 0.29) is 0 Å². The fourth-order valence-electron chi connectivity index (χ4n) is 7.03. The predicted molar refractivity (Wildman–Crippen MR) is 216 cm³/mol. The molecule has 0 aliphatic heterocycles. The van der Waals surface area contributed by atoms with E-state index in [0.29, 0.717) is 0 Å². The molecule has 9 rings (SSSR count). The van der Waals surface area contributed by atoms with Crippen LogP contribution in [-0.2, 0) is 0 Å². The molecule has 1 aromatic heterocycles. The molecular formula is C48H33NS. The zero-order valence-corrected chi connectivity index (χ0v) is 28.2. The third-order valence-electron chi connectivity index (χ3n) is 9.51. The SMILES string of the molecule is c1ccc(-c2ccc(N(c3ccc(-c4ccccc4)cc3)c3ccc(-c4ccc5c(sc6ccccc65)c4-c4ccccc4)cc3)cc2)cc1. The lowest BCUT2D eigenvalue weighted by Crippen LogP contribution is -2.09. The van der Waals surface area contributed by atoms with Gasteiger partial charge >= 0.3 is 0 Å². The first kappa shape index (κ1) is 29.9. The van der Waals surface area contributed by atoms with E-state index in [9.17, 15) is 0 Å². The van der Waals surface area contributed by atoms with Gasteiger partial charge in [0.15, 0.2) is 0 Å². The molecule has 2 heteroatoms. The summed E-state index contributed by atoms with van der Waals surface area (Å²) in [7, 11) is 0. The average molecular weight is 656 g/mol. The van der Waals surface area contributed by atoms with Gasteiger partial charge in [0.1, 0.15) is 0 Å². The standard InChI is InChI=1S/C48H33NS/c1-4-12-34(13-5-1)36-20-26-40(27-21-36)49(41-28-22-37(23-29-41)35-14-6-2-7-15-35)42-30-24-38(25-31-42)43-32-33-45-44-18-10-11-19-46(44)50-48(45)47(43)39-16-8-3-9-17-39/h1-33H. The Kier molecular flexibility index (Phi) is 7.77. The van der Waals surface area contributed by atoms with E-state index in [2.05, 4.69) is 205 Å². The van der Waals surface area contributed by atoms with Crippen LogP contribution < -0.4 is 4.90 Å². The molecule has 0 saturated heterocycles. The summed E-state index contributed by atoms with van der Waals surface area (Å²) in [5.74, 6) is 0. The second-order valence-electron chi connectivity index (χ2n) is 12.5. The maximum atomic E-state index is 2.35. The van der Waals surface area contributed by atoms with E-state index in [4.69, 9.17) is 0 Å². The summed E-state index contributed by atoms with van der Waals surface area (Å²) in [5.41, 5.74) is 13.1. The van der Waals surface area contributed by atoms with E-state index in [0.717, 1.165) is 17.1 Å². The second-order valence-corrected chi connectivity index (χ2v) is 13.6. The van der Waals surface area contributed by atoms with Crippen LogP contribution in [0, 0.1) is 0 Å². The van der Waals surface area contributed by atoms with E-state index in [1.807, 2.05) is 11.3 Å². The van der Waals surface area contributed by atoms with E-state index in [1.165, 1.54) is 64.7 Å². The fourth-order valence-corrected chi connectivity index (χ4v) is 8.30. The Morgan fingerprint density at radius 1 is 0.300 bits per heavy atom. The molecule has 1 nitrogen and oxygen atoms in total. The van der Waals surface area contributed by atoms with Crippen molar-refractivity contribution in [2.24, 2.45) is 0 Å². The summed E-state index contributed by atoms with van der Waals surface area (Å²) in [6.07, 6.45) is 0. The van der Waals surface area contributed by atoms with Gasteiger partial charge in [0.2, 0.25) is 0 Å². The van der Waals surface area contributed by atoms with Gasteiger partial charge in [0, 0.05) is 42.8 Å². The lowest BCUT2D eigenvalue weighted by molar-refractivity contribution is 1.28. The molecule has 0 aliphatic rings. The number of rotatable bonds is 7. The van der Waals surface area contributed by atoms with Crippen molar-refractivity contribution in [3.63, 3.8) is 0 Å². The van der Waals surface area contributed by atoms with E-state index >= 15 is 0 Å². The van der Waals surface area contributed by atoms with Crippen molar-refractivity contribution < 1.29 is 0 Å². The molecule has 0 radical (unpaired) electrons. The highest BCUT2D eigenvalue weighted by Gasteiger charge is 2.18. The van der Waals surface area contributed by atoms with Crippen LogP contribution in [0.2, 0.25) is 0 Å². The number of nitrogens with zero attached hydrogens (tertiary/aromatic N) is 1. The minimum atomic E-state index is 1.11. The lowest BCUT2D eigenvalue weighted by atomic mass is 9.92. The smallest absolute Gasteiger partial charge is 0.0462 e. The highest BCUT2D eigenvalue weighted by molar-refractivity contribution is 7.26. The minimum absolute atomic E-state index is 1.11. The molecule has 0 aliphatic carbocycles. The predicted octanol–water partition coefficient (Wildman–Crippen LogP) is 14.2. The van der Waals surface area contributed by atoms with Crippen LogP contribution in [0.5, 0.6) is 0 Å². The molecule has 9 aromatic rings. The Hall–Kier alpha value is -6.22. The normalized spacial score (nSPS) is 11.2. The zero-order valence-electron chi connectivity index (χ0n) is 27.4. The summed E-state index contributed by atoms with van der Waals surface area (Å²) in [5, 5.41) is 2.63. The highest BCUT2D eigenvalue weighted by Crippen LogP contribution is 2.45. The monoisotopic (exact) mass is 655 g/mol. The lowest BCUT2D eigenvalue weighted by Gasteiger charge is -2.26. The Balaban J connectivity index is 1.15. The Bertz CT molecular complexity index is 2450. The number of benzene rings is 8. The van der Waals surface area contributed by atoms with Gasteiger partial charge in [-0.3, -0.25) is 0 Å². The molecule has 0 saturated carbocycles. The Labute approximate surface area is 297 Å². The molecule has 8 aromatic carbocycles. The molecule has 0 spiro atoms. The van der Waals surface area contributed by atoms with E-state index < -0.39 is 0 Å². The van der Waals surface area contributed by atoms with Gasteiger partial charge in [-0.15, -0.1) is 11.3 Å². The first-order chi connectivity index (χ1) is 24.8. The summed E-state index contributed by atoms with van der Waals surface area (Å²) in [6.45, 7) is 0. The first-order valence-electron chi connectivity index (χ1n) is 17.0. The molecule has 0 amide bonds. The van der Waals surface area contributed by atoms with Gasteiger partial charge in [0.25, 0.3) is 0 Å². The van der Waals surface area contributed by atoms with Crippen molar-refractivity contribution in [2.45, 2.75) is 0 Å². The largest absolute Gasteiger partial charge is 0.311 e. The van der Waals surface area contributed by atoms with Crippen LogP contribution in [0.3, 0.4) is 0 Å². The molecule has 0 N–H and O–H groups in total. The van der Waals surface area contributed by atoms with Crippen LogP contribution in [0.25, 0.3) is 64.7 Å². The fraction of sp³-hybridized carbons (Fsp3) is 0. The van der Waals surface area contributed by atoms with Gasteiger partial charge in [-0.05, 0) is 81.4 Å². The average Bonchev–Trinajstić information content (AvgIpc) is 3.58. The van der Waals surface area contributed by atoms with Crippen LogP contribution in [0.1, 0.15) is 0 Å². The molecule has 50 heavy (non-hydrogen) atoms. The topological polar surface area (TPSA) is 3.24 Å². The second kappa shape index (κ2) is 13.0. The van der Waals surface area contributed by atoms with Gasteiger partial charge in [-0.25, -0.2) is 0 Å². The number of anilines is 3. The molecule has 236 valence electrons. The van der Waals surface area contributed by atoms with Crippen molar-refractivity contribution in [3.05, 3.63) is 200 Å². The number of fused-ring (bicyclic) bond motifs is 3. The Morgan fingerprint density at radius 3 is 1.24 bits per heavy atom. The quantitative estimate of drug-likeness (QED) is 0.165. The summed E-state index contributed by atoms with van der Waals surface area (Å²) in [6, 6.07) is 72.2. The van der Waals surface area contributed by atoms with Crippen LogP contribution >= 0.6 is 11.3 Å². The van der Waals surface area contributed by atoms with Crippen LogP contribution in [-0.4, -0.2) is 0 Å². The maximum absolute atomic E-state index is 2.35. The molecule has 0 atom stereocenters. The number of hydrogen-bond acceptors (Lipinski definition) is 2. The molecular weight excluding hydrogens is 623 g/mol. The number of thiophene rings is 1. The molecule has 0 fully saturated rings. The zero-order chi connectivity index (χ0) is 33.3. The van der Waals surface area contributed by atoms with Gasteiger partial charge < -0.3 is 4.90 Å².